The molecule has 0 saturated carbocycles. The Labute approximate surface area is 76.3 Å². The molecular formula is C9H12N2O2. The monoisotopic (exact) mass is 180 g/mol. The Morgan fingerprint density at radius 1 is 1.54 bits per heavy atom. The molecule has 4 nitrogen and oxygen atoms in total. The summed E-state index contributed by atoms with van der Waals surface area (Å²) < 4.78 is 5.24. The molecule has 2 atom stereocenters. The average molecular weight is 180 g/mol. The fourth-order valence-electron chi connectivity index (χ4n) is 1.61. The third kappa shape index (κ3) is 1.39. The van der Waals surface area contributed by atoms with Gasteiger partial charge in [-0.2, -0.15) is 0 Å². The minimum atomic E-state index is -0.117. The molecule has 2 heterocycles. The normalized spacial score (nSPS) is 27.0. The first-order valence-electron chi connectivity index (χ1n) is 4.41. The van der Waals surface area contributed by atoms with Gasteiger partial charge in [0.2, 0.25) is 0 Å². The van der Waals surface area contributed by atoms with Gasteiger partial charge in [0, 0.05) is 0 Å². The van der Waals surface area contributed by atoms with E-state index in [1.807, 2.05) is 19.1 Å². The molecule has 1 saturated heterocycles. The van der Waals surface area contributed by atoms with Crippen molar-refractivity contribution < 1.29 is 9.21 Å². The number of nitrogens with one attached hydrogen (secondary N) is 2. The van der Waals surface area contributed by atoms with Crippen molar-refractivity contribution in [3.8, 4) is 0 Å². The van der Waals surface area contributed by atoms with Crippen molar-refractivity contribution in [2.24, 2.45) is 0 Å². The molecule has 2 unspecified atom stereocenters. The number of hydrogen-bond donors (Lipinski definition) is 2. The first-order valence-corrected chi connectivity index (χ1v) is 4.41. The largest absolute Gasteiger partial charge is 0.467 e. The second kappa shape index (κ2) is 3.12. The highest BCUT2D eigenvalue weighted by atomic mass is 16.3. The van der Waals surface area contributed by atoms with Crippen molar-refractivity contribution in [3.63, 3.8) is 0 Å². The average Bonchev–Trinajstić information content (AvgIpc) is 2.71. The standard InChI is InChI=1S/C9H12N2O2/c1-2-6-8(11-9(12)10-6)7-4-3-5-13-7/h3-6,8H,2H2,1H3,(H2,10,11,12). The van der Waals surface area contributed by atoms with Crippen LogP contribution in [0.4, 0.5) is 4.79 Å². The fourth-order valence-corrected chi connectivity index (χ4v) is 1.61. The molecule has 0 aliphatic carbocycles. The fraction of sp³-hybridized carbons (Fsp3) is 0.444. The van der Waals surface area contributed by atoms with Crippen molar-refractivity contribution in [1.29, 1.82) is 0 Å². The first kappa shape index (κ1) is 8.16. The molecule has 1 fully saturated rings. The van der Waals surface area contributed by atoms with Crippen LogP contribution in [0.25, 0.3) is 0 Å². The van der Waals surface area contributed by atoms with E-state index in [0.717, 1.165) is 12.2 Å². The summed E-state index contributed by atoms with van der Waals surface area (Å²) in [6.07, 6.45) is 2.51. The van der Waals surface area contributed by atoms with Crippen LogP contribution in [0.15, 0.2) is 22.8 Å². The van der Waals surface area contributed by atoms with Crippen LogP contribution in [0.3, 0.4) is 0 Å². The summed E-state index contributed by atoms with van der Waals surface area (Å²) in [7, 11) is 0. The number of carbonyl (C=O) groups excluding carboxylic acids is 1. The zero-order valence-electron chi connectivity index (χ0n) is 7.41. The third-order valence-corrected chi connectivity index (χ3v) is 2.29. The summed E-state index contributed by atoms with van der Waals surface area (Å²) in [6, 6.07) is 3.70. The predicted octanol–water partition coefficient (Wildman–Crippen LogP) is 1.41. The smallest absolute Gasteiger partial charge is 0.315 e. The van der Waals surface area contributed by atoms with Gasteiger partial charge in [-0.25, -0.2) is 4.79 Å². The molecule has 1 aliphatic rings. The lowest BCUT2D eigenvalue weighted by Crippen LogP contribution is -2.26. The molecule has 0 radical (unpaired) electrons. The number of urea groups is 1. The van der Waals surface area contributed by atoms with Gasteiger partial charge in [-0.15, -0.1) is 0 Å². The summed E-state index contributed by atoms with van der Waals surface area (Å²) in [5.74, 6) is 0.810. The molecule has 0 spiro atoms. The van der Waals surface area contributed by atoms with Gasteiger partial charge in [-0.05, 0) is 18.6 Å². The van der Waals surface area contributed by atoms with E-state index in [9.17, 15) is 4.79 Å². The third-order valence-electron chi connectivity index (χ3n) is 2.29. The number of amides is 2. The molecule has 2 N–H and O–H groups in total. The maximum absolute atomic E-state index is 11.1. The van der Waals surface area contributed by atoms with E-state index in [2.05, 4.69) is 10.6 Å². The Balaban J connectivity index is 2.19. The number of hydrogen-bond acceptors (Lipinski definition) is 2. The Hall–Kier alpha value is -1.45. The quantitative estimate of drug-likeness (QED) is 0.723. The Bertz CT molecular complexity index is 295. The molecule has 0 bridgehead atoms. The molecule has 13 heavy (non-hydrogen) atoms. The van der Waals surface area contributed by atoms with Crippen LogP contribution in [0.1, 0.15) is 25.1 Å². The lowest BCUT2D eigenvalue weighted by atomic mass is 10.1. The van der Waals surface area contributed by atoms with Gasteiger partial charge < -0.3 is 15.1 Å². The van der Waals surface area contributed by atoms with Gasteiger partial charge in [-0.1, -0.05) is 6.92 Å². The highest BCUT2D eigenvalue weighted by Gasteiger charge is 2.32. The van der Waals surface area contributed by atoms with Crippen molar-refractivity contribution in [2.75, 3.05) is 0 Å². The van der Waals surface area contributed by atoms with Gasteiger partial charge in [0.05, 0.1) is 12.3 Å². The van der Waals surface area contributed by atoms with Crippen LogP contribution in [0.5, 0.6) is 0 Å². The van der Waals surface area contributed by atoms with E-state index in [1.165, 1.54) is 0 Å². The maximum Gasteiger partial charge on any atom is 0.315 e. The van der Waals surface area contributed by atoms with E-state index < -0.39 is 0 Å². The Morgan fingerprint density at radius 3 is 3.00 bits per heavy atom. The van der Waals surface area contributed by atoms with Gasteiger partial charge in [0.1, 0.15) is 11.8 Å². The van der Waals surface area contributed by atoms with Gasteiger partial charge in [0.15, 0.2) is 0 Å². The van der Waals surface area contributed by atoms with E-state index in [-0.39, 0.29) is 18.1 Å². The van der Waals surface area contributed by atoms with Crippen LogP contribution in [-0.2, 0) is 0 Å². The second-order valence-corrected chi connectivity index (χ2v) is 3.13. The molecule has 2 amide bonds. The lowest BCUT2D eigenvalue weighted by molar-refractivity contribution is 0.246. The van der Waals surface area contributed by atoms with Crippen molar-refractivity contribution in [3.05, 3.63) is 24.2 Å². The topological polar surface area (TPSA) is 54.3 Å². The molecule has 70 valence electrons. The molecule has 1 aromatic heterocycles. The number of furan rings is 1. The maximum atomic E-state index is 11.1. The summed E-state index contributed by atoms with van der Waals surface area (Å²) in [5, 5.41) is 5.65. The Kier molecular flexibility index (Phi) is 1.96. The number of rotatable bonds is 2. The predicted molar refractivity (Wildman–Crippen MR) is 47.2 cm³/mol. The van der Waals surface area contributed by atoms with Gasteiger partial charge in [0.25, 0.3) is 0 Å². The summed E-state index contributed by atoms with van der Waals surface area (Å²) in [6.45, 7) is 2.04. The lowest BCUT2D eigenvalue weighted by Gasteiger charge is -2.13. The Morgan fingerprint density at radius 2 is 2.38 bits per heavy atom. The molecule has 2 rings (SSSR count). The van der Waals surface area contributed by atoms with Crippen LogP contribution in [0, 0.1) is 0 Å². The molecule has 1 aliphatic heterocycles. The van der Waals surface area contributed by atoms with E-state index in [0.29, 0.717) is 0 Å². The van der Waals surface area contributed by atoms with Crippen molar-refractivity contribution >= 4 is 6.03 Å². The van der Waals surface area contributed by atoms with Gasteiger partial charge in [-0.3, -0.25) is 0 Å². The second-order valence-electron chi connectivity index (χ2n) is 3.13. The molecule has 0 aromatic carbocycles. The van der Waals surface area contributed by atoms with Crippen LogP contribution in [-0.4, -0.2) is 12.1 Å². The molecule has 4 heteroatoms. The van der Waals surface area contributed by atoms with E-state index in [4.69, 9.17) is 4.42 Å². The van der Waals surface area contributed by atoms with E-state index in [1.54, 1.807) is 6.26 Å². The zero-order valence-corrected chi connectivity index (χ0v) is 7.41. The van der Waals surface area contributed by atoms with Crippen molar-refractivity contribution in [1.82, 2.24) is 10.6 Å². The SMILES string of the molecule is CCC1NC(=O)NC1c1ccco1. The van der Waals surface area contributed by atoms with Gasteiger partial charge >= 0.3 is 6.03 Å². The zero-order chi connectivity index (χ0) is 9.26. The molecular weight excluding hydrogens is 168 g/mol. The number of carbonyl (C=O) groups is 1. The molecule has 1 aromatic rings. The summed E-state index contributed by atoms with van der Waals surface area (Å²) in [5.41, 5.74) is 0. The summed E-state index contributed by atoms with van der Waals surface area (Å²) in [4.78, 5) is 11.1. The van der Waals surface area contributed by atoms with E-state index >= 15 is 0 Å². The first-order chi connectivity index (χ1) is 6.31. The highest BCUT2D eigenvalue weighted by Crippen LogP contribution is 2.22. The van der Waals surface area contributed by atoms with Crippen LogP contribution < -0.4 is 10.6 Å². The minimum absolute atomic E-state index is 0.0208. The van der Waals surface area contributed by atoms with Crippen LogP contribution in [0.2, 0.25) is 0 Å². The highest BCUT2D eigenvalue weighted by molar-refractivity contribution is 5.77. The van der Waals surface area contributed by atoms with Crippen molar-refractivity contribution in [2.45, 2.75) is 25.4 Å². The van der Waals surface area contributed by atoms with Crippen LogP contribution >= 0.6 is 0 Å². The summed E-state index contributed by atoms with van der Waals surface area (Å²) >= 11 is 0. The minimum Gasteiger partial charge on any atom is -0.467 e.